The van der Waals surface area contributed by atoms with Crippen LogP contribution in [0.1, 0.15) is 16.7 Å². The molecule has 2 aromatic rings. The van der Waals surface area contributed by atoms with Gasteiger partial charge in [-0.2, -0.15) is 0 Å². The minimum Gasteiger partial charge on any atom is -0.491 e. The molecule has 1 aliphatic heterocycles. The molecule has 3 rings (SSSR count). The van der Waals surface area contributed by atoms with Crippen LogP contribution in [0.3, 0.4) is 0 Å². The molecule has 30 heavy (non-hydrogen) atoms. The zero-order chi connectivity index (χ0) is 20.5. The molecule has 164 valence electrons. The number of hydrogen-bond donors (Lipinski definition) is 2. The van der Waals surface area contributed by atoms with Gasteiger partial charge in [-0.1, -0.05) is 18.2 Å². The highest BCUT2D eigenvalue weighted by atomic mass is 127. The molecule has 2 N–H and O–H groups in total. The second-order valence-electron chi connectivity index (χ2n) is 6.74. The molecule has 0 aromatic heterocycles. The van der Waals surface area contributed by atoms with Crippen molar-refractivity contribution in [3.05, 3.63) is 53.1 Å². The van der Waals surface area contributed by atoms with E-state index < -0.39 is 0 Å². The van der Waals surface area contributed by atoms with Crippen molar-refractivity contribution in [2.45, 2.75) is 19.9 Å². The van der Waals surface area contributed by atoms with Gasteiger partial charge in [0, 0.05) is 32.8 Å². The number of hydrogen-bond acceptors (Lipinski definition) is 5. The third-order valence-corrected chi connectivity index (χ3v) is 4.58. The zero-order valence-corrected chi connectivity index (χ0v) is 20.0. The van der Waals surface area contributed by atoms with Gasteiger partial charge >= 0.3 is 0 Å². The van der Waals surface area contributed by atoms with E-state index in [4.69, 9.17) is 18.9 Å². The Hall–Kier alpha value is -2.20. The van der Waals surface area contributed by atoms with E-state index in [1.54, 1.807) is 14.2 Å². The fourth-order valence-electron chi connectivity index (χ4n) is 3.00. The van der Waals surface area contributed by atoms with Crippen molar-refractivity contribution in [3.63, 3.8) is 0 Å². The largest absolute Gasteiger partial charge is 0.491 e. The number of halogens is 1. The first kappa shape index (κ1) is 24.1. The maximum Gasteiger partial charge on any atom is 0.231 e. The SMILES string of the molecule is CN=C(NCCc1ccc2c(c1)OCO2)NCc1ccc(C)cc1OCCOC.I. The molecule has 2 aromatic carbocycles. The Morgan fingerprint density at radius 3 is 2.70 bits per heavy atom. The Balaban J connectivity index is 0.00000320. The second-order valence-corrected chi connectivity index (χ2v) is 6.74. The normalized spacial score (nSPS) is 12.3. The molecule has 1 aliphatic rings. The van der Waals surface area contributed by atoms with E-state index in [2.05, 4.69) is 40.7 Å². The van der Waals surface area contributed by atoms with Crippen molar-refractivity contribution in [3.8, 4) is 17.2 Å². The molecule has 0 radical (unpaired) electrons. The highest BCUT2D eigenvalue weighted by Gasteiger charge is 2.13. The molecule has 0 aliphatic carbocycles. The maximum absolute atomic E-state index is 5.85. The number of guanidine groups is 1. The van der Waals surface area contributed by atoms with Crippen LogP contribution < -0.4 is 24.8 Å². The number of nitrogens with zero attached hydrogens (tertiary/aromatic N) is 1. The molecule has 0 bridgehead atoms. The summed E-state index contributed by atoms with van der Waals surface area (Å²) in [5, 5.41) is 6.69. The van der Waals surface area contributed by atoms with Crippen molar-refractivity contribution in [2.75, 3.05) is 40.7 Å². The average Bonchev–Trinajstić information content (AvgIpc) is 3.19. The highest BCUT2D eigenvalue weighted by molar-refractivity contribution is 14.0. The zero-order valence-electron chi connectivity index (χ0n) is 17.7. The van der Waals surface area contributed by atoms with Gasteiger partial charge in [-0.3, -0.25) is 4.99 Å². The van der Waals surface area contributed by atoms with Gasteiger partial charge in [0.05, 0.1) is 6.61 Å². The van der Waals surface area contributed by atoms with Gasteiger partial charge in [0.1, 0.15) is 12.4 Å². The lowest BCUT2D eigenvalue weighted by atomic mass is 10.1. The monoisotopic (exact) mass is 527 g/mol. The summed E-state index contributed by atoms with van der Waals surface area (Å²) in [6, 6.07) is 12.2. The summed E-state index contributed by atoms with van der Waals surface area (Å²) in [5.74, 6) is 3.23. The second kappa shape index (κ2) is 12.5. The molecular formula is C22H30IN3O4. The van der Waals surface area contributed by atoms with Crippen LogP contribution >= 0.6 is 24.0 Å². The topological polar surface area (TPSA) is 73.3 Å². The summed E-state index contributed by atoms with van der Waals surface area (Å²) < 4.78 is 21.7. The van der Waals surface area contributed by atoms with Crippen LogP contribution in [0, 0.1) is 6.92 Å². The molecule has 7 nitrogen and oxygen atoms in total. The average molecular weight is 527 g/mol. The van der Waals surface area contributed by atoms with E-state index in [9.17, 15) is 0 Å². The fraction of sp³-hybridized carbons (Fsp3) is 0.409. The number of benzene rings is 2. The molecule has 0 fully saturated rings. The maximum atomic E-state index is 5.85. The minimum absolute atomic E-state index is 0. The van der Waals surface area contributed by atoms with Gasteiger partial charge in [0.25, 0.3) is 0 Å². The Kier molecular flexibility index (Phi) is 10.0. The van der Waals surface area contributed by atoms with Crippen molar-refractivity contribution >= 4 is 29.9 Å². The summed E-state index contributed by atoms with van der Waals surface area (Å²) in [7, 11) is 3.43. The predicted octanol–water partition coefficient (Wildman–Crippen LogP) is 3.27. The Morgan fingerprint density at radius 2 is 1.90 bits per heavy atom. The molecule has 0 atom stereocenters. The number of rotatable bonds is 9. The summed E-state index contributed by atoms with van der Waals surface area (Å²) in [6.45, 7) is 4.80. The van der Waals surface area contributed by atoms with Gasteiger partial charge in [-0.15, -0.1) is 24.0 Å². The number of nitrogens with one attached hydrogen (secondary N) is 2. The van der Waals surface area contributed by atoms with E-state index in [-0.39, 0.29) is 24.0 Å². The number of fused-ring (bicyclic) bond motifs is 1. The Bertz CT molecular complexity index is 845. The van der Waals surface area contributed by atoms with Gasteiger partial charge in [0.15, 0.2) is 17.5 Å². The molecule has 0 saturated carbocycles. The molecular weight excluding hydrogens is 497 g/mol. The van der Waals surface area contributed by atoms with Crippen LogP contribution in [-0.4, -0.2) is 46.7 Å². The molecule has 0 spiro atoms. The lowest BCUT2D eigenvalue weighted by Crippen LogP contribution is -2.37. The first-order valence-electron chi connectivity index (χ1n) is 9.74. The third-order valence-electron chi connectivity index (χ3n) is 4.58. The van der Waals surface area contributed by atoms with Gasteiger partial charge in [0.2, 0.25) is 6.79 Å². The highest BCUT2D eigenvalue weighted by Crippen LogP contribution is 2.32. The molecule has 0 saturated heterocycles. The lowest BCUT2D eigenvalue weighted by Gasteiger charge is -2.15. The van der Waals surface area contributed by atoms with Crippen LogP contribution in [0.4, 0.5) is 0 Å². The first-order chi connectivity index (χ1) is 14.2. The summed E-state index contributed by atoms with van der Waals surface area (Å²) in [5.41, 5.74) is 3.42. The number of aliphatic imine (C=N–C) groups is 1. The Morgan fingerprint density at radius 1 is 1.07 bits per heavy atom. The van der Waals surface area contributed by atoms with Crippen LogP contribution in [0.15, 0.2) is 41.4 Å². The first-order valence-corrected chi connectivity index (χ1v) is 9.74. The number of methoxy groups -OCH3 is 1. The van der Waals surface area contributed by atoms with Crippen molar-refractivity contribution in [1.29, 1.82) is 0 Å². The van der Waals surface area contributed by atoms with Crippen LogP contribution in [0.2, 0.25) is 0 Å². The Labute approximate surface area is 195 Å². The van der Waals surface area contributed by atoms with Gasteiger partial charge < -0.3 is 29.6 Å². The van der Waals surface area contributed by atoms with Gasteiger partial charge in [-0.25, -0.2) is 0 Å². The third kappa shape index (κ3) is 6.94. The van der Waals surface area contributed by atoms with Crippen LogP contribution in [0.5, 0.6) is 17.2 Å². The van der Waals surface area contributed by atoms with Crippen molar-refractivity contribution < 1.29 is 18.9 Å². The molecule has 1 heterocycles. The minimum atomic E-state index is 0. The van der Waals surface area contributed by atoms with Crippen molar-refractivity contribution in [1.82, 2.24) is 10.6 Å². The summed E-state index contributed by atoms with van der Waals surface area (Å²) in [6.07, 6.45) is 0.854. The smallest absolute Gasteiger partial charge is 0.231 e. The van der Waals surface area contributed by atoms with Crippen molar-refractivity contribution in [2.24, 2.45) is 4.99 Å². The number of aryl methyl sites for hydroxylation is 1. The summed E-state index contributed by atoms with van der Waals surface area (Å²) in [4.78, 5) is 4.30. The van der Waals surface area contributed by atoms with E-state index >= 15 is 0 Å². The summed E-state index contributed by atoms with van der Waals surface area (Å²) >= 11 is 0. The van der Waals surface area contributed by atoms with Gasteiger partial charge in [-0.05, 0) is 42.7 Å². The van der Waals surface area contributed by atoms with E-state index in [0.717, 1.165) is 47.3 Å². The van der Waals surface area contributed by atoms with Crippen LogP contribution in [0.25, 0.3) is 0 Å². The fourth-order valence-corrected chi connectivity index (χ4v) is 3.00. The molecule has 8 heteroatoms. The van der Waals surface area contributed by atoms with E-state index in [0.29, 0.717) is 26.6 Å². The number of ether oxygens (including phenoxy) is 4. The van der Waals surface area contributed by atoms with E-state index in [1.807, 2.05) is 18.2 Å². The predicted molar refractivity (Wildman–Crippen MR) is 128 cm³/mol. The van der Waals surface area contributed by atoms with E-state index in [1.165, 1.54) is 5.56 Å². The standard InChI is InChI=1S/C22H29N3O4.HI/c1-16-4-6-18(20(12-16)27-11-10-26-3)14-25-22(23-2)24-9-8-17-5-7-19-21(13-17)29-15-28-19;/h4-7,12-13H,8-11,14-15H2,1-3H3,(H2,23,24,25);1H. The molecule has 0 unspecified atom stereocenters. The molecule has 0 amide bonds. The quantitative estimate of drug-likeness (QED) is 0.226. The van der Waals surface area contributed by atoms with Crippen LogP contribution in [-0.2, 0) is 17.7 Å². The lowest BCUT2D eigenvalue weighted by molar-refractivity contribution is 0.145.